The first kappa shape index (κ1) is 19.3. The zero-order valence-corrected chi connectivity index (χ0v) is 15.0. The van der Waals surface area contributed by atoms with E-state index in [1.54, 1.807) is 25.1 Å². The third-order valence-electron chi connectivity index (χ3n) is 4.10. The largest absolute Gasteiger partial charge is 0.326 e. The second kappa shape index (κ2) is 8.89. The third kappa shape index (κ3) is 5.24. The quantitative estimate of drug-likeness (QED) is 0.430. The molecule has 0 aliphatic heterocycles. The summed E-state index contributed by atoms with van der Waals surface area (Å²) in [6.45, 7) is 3.85. The number of anilines is 1. The highest BCUT2D eigenvalue weighted by atomic mass is 16.6. The number of carbonyl (C=O) groups excluding carboxylic acids is 2. The minimum Gasteiger partial charge on any atom is -0.326 e. The molecule has 2 rings (SSSR count). The van der Waals surface area contributed by atoms with Crippen LogP contribution in [-0.2, 0) is 11.2 Å². The number of rotatable bonds is 8. The first-order valence-electron chi connectivity index (χ1n) is 8.57. The predicted molar refractivity (Wildman–Crippen MR) is 100 cm³/mol. The van der Waals surface area contributed by atoms with E-state index in [-0.39, 0.29) is 30.2 Å². The number of ketones is 1. The van der Waals surface area contributed by atoms with Crippen LogP contribution in [0, 0.1) is 17.0 Å². The molecule has 0 saturated carbocycles. The fourth-order valence-corrected chi connectivity index (χ4v) is 2.59. The van der Waals surface area contributed by atoms with Gasteiger partial charge in [-0.05, 0) is 24.5 Å². The first-order valence-corrected chi connectivity index (χ1v) is 8.57. The Balaban J connectivity index is 1.93. The summed E-state index contributed by atoms with van der Waals surface area (Å²) in [5.41, 5.74) is 2.80. The van der Waals surface area contributed by atoms with Crippen molar-refractivity contribution < 1.29 is 14.5 Å². The average Bonchev–Trinajstić information content (AvgIpc) is 2.62. The molecule has 0 bridgehead atoms. The summed E-state index contributed by atoms with van der Waals surface area (Å²) >= 11 is 0. The number of hydrogen-bond donors (Lipinski definition) is 1. The van der Waals surface area contributed by atoms with Gasteiger partial charge in [0.05, 0.1) is 10.6 Å². The van der Waals surface area contributed by atoms with Gasteiger partial charge >= 0.3 is 0 Å². The number of aryl methyl sites for hydroxylation is 2. The number of carbonyl (C=O) groups is 2. The van der Waals surface area contributed by atoms with Crippen molar-refractivity contribution in [2.75, 3.05) is 5.32 Å². The molecule has 0 spiro atoms. The number of Topliss-reactive ketones (excluding diaryl/α,β-unsaturated/α-hetero) is 1. The molecule has 26 heavy (non-hydrogen) atoms. The van der Waals surface area contributed by atoms with Crippen LogP contribution in [0.15, 0.2) is 42.5 Å². The number of nitro groups is 1. The van der Waals surface area contributed by atoms with Gasteiger partial charge in [0.25, 0.3) is 5.69 Å². The Kier molecular flexibility index (Phi) is 6.60. The SMILES string of the molecule is CCCc1ccc(C(=O)CCC(=O)Nc2cc([N+](=O)[O-])ccc2C)cc1. The average molecular weight is 354 g/mol. The summed E-state index contributed by atoms with van der Waals surface area (Å²) in [7, 11) is 0. The second-order valence-corrected chi connectivity index (χ2v) is 6.17. The molecule has 0 aliphatic rings. The molecular formula is C20H22N2O4. The molecule has 1 N–H and O–H groups in total. The van der Waals surface area contributed by atoms with E-state index in [0.29, 0.717) is 11.3 Å². The first-order chi connectivity index (χ1) is 12.4. The van der Waals surface area contributed by atoms with Crippen molar-refractivity contribution in [2.24, 2.45) is 0 Å². The zero-order chi connectivity index (χ0) is 19.1. The van der Waals surface area contributed by atoms with Gasteiger partial charge in [-0.1, -0.05) is 43.7 Å². The van der Waals surface area contributed by atoms with E-state index >= 15 is 0 Å². The Morgan fingerprint density at radius 1 is 1.08 bits per heavy atom. The van der Waals surface area contributed by atoms with Crippen LogP contribution >= 0.6 is 0 Å². The number of hydrogen-bond acceptors (Lipinski definition) is 4. The van der Waals surface area contributed by atoms with Gasteiger partial charge < -0.3 is 5.32 Å². The van der Waals surface area contributed by atoms with Crippen LogP contribution in [0.4, 0.5) is 11.4 Å². The smallest absolute Gasteiger partial charge is 0.271 e. The summed E-state index contributed by atoms with van der Waals surface area (Å²) in [5.74, 6) is -0.441. The van der Waals surface area contributed by atoms with Gasteiger partial charge in [-0.25, -0.2) is 0 Å². The van der Waals surface area contributed by atoms with Crippen LogP contribution in [0.2, 0.25) is 0 Å². The number of nitro benzene ring substituents is 1. The van der Waals surface area contributed by atoms with Gasteiger partial charge in [-0.2, -0.15) is 0 Å². The van der Waals surface area contributed by atoms with Crippen LogP contribution in [0.5, 0.6) is 0 Å². The summed E-state index contributed by atoms with van der Waals surface area (Å²) in [4.78, 5) is 34.6. The Labute approximate surface area is 152 Å². The van der Waals surface area contributed by atoms with Crippen molar-refractivity contribution in [1.82, 2.24) is 0 Å². The van der Waals surface area contributed by atoms with E-state index in [0.717, 1.165) is 18.4 Å². The van der Waals surface area contributed by atoms with Crippen LogP contribution < -0.4 is 5.32 Å². The Hall–Kier alpha value is -3.02. The maximum absolute atomic E-state index is 12.2. The lowest BCUT2D eigenvalue weighted by atomic mass is 10.0. The molecule has 2 aromatic carbocycles. The molecule has 0 atom stereocenters. The van der Waals surface area contributed by atoms with Crippen molar-refractivity contribution in [3.63, 3.8) is 0 Å². The minimum absolute atomic E-state index is 0.0255. The highest BCUT2D eigenvalue weighted by molar-refractivity contribution is 6.00. The molecule has 2 aromatic rings. The number of non-ortho nitro benzene ring substituents is 1. The van der Waals surface area contributed by atoms with E-state index in [1.807, 2.05) is 12.1 Å². The van der Waals surface area contributed by atoms with Gasteiger partial charge in [-0.3, -0.25) is 19.7 Å². The standard InChI is InChI=1S/C20H22N2O4/c1-3-4-15-6-8-16(9-7-15)19(23)11-12-20(24)21-18-13-17(22(25)26)10-5-14(18)2/h5-10,13H,3-4,11-12H2,1-2H3,(H,21,24). The fourth-order valence-electron chi connectivity index (χ4n) is 2.59. The summed E-state index contributed by atoms with van der Waals surface area (Å²) < 4.78 is 0. The molecule has 6 nitrogen and oxygen atoms in total. The van der Waals surface area contributed by atoms with E-state index < -0.39 is 4.92 Å². The highest BCUT2D eigenvalue weighted by Gasteiger charge is 2.13. The lowest BCUT2D eigenvalue weighted by Crippen LogP contribution is -2.14. The number of nitrogens with zero attached hydrogens (tertiary/aromatic N) is 1. The third-order valence-corrected chi connectivity index (χ3v) is 4.10. The molecule has 0 saturated heterocycles. The number of amides is 1. The Bertz CT molecular complexity index is 813. The monoisotopic (exact) mass is 354 g/mol. The Morgan fingerprint density at radius 3 is 2.38 bits per heavy atom. The molecular weight excluding hydrogens is 332 g/mol. The van der Waals surface area contributed by atoms with Gasteiger partial charge in [0, 0.05) is 30.5 Å². The highest BCUT2D eigenvalue weighted by Crippen LogP contribution is 2.22. The molecule has 0 radical (unpaired) electrons. The molecule has 0 aromatic heterocycles. The summed E-state index contributed by atoms with van der Waals surface area (Å²) in [6, 6.07) is 11.7. The van der Waals surface area contributed by atoms with Crippen LogP contribution in [0.25, 0.3) is 0 Å². The Morgan fingerprint density at radius 2 is 1.77 bits per heavy atom. The van der Waals surface area contributed by atoms with Gasteiger partial charge in [0.15, 0.2) is 5.78 Å². The van der Waals surface area contributed by atoms with E-state index in [9.17, 15) is 19.7 Å². The number of benzene rings is 2. The van der Waals surface area contributed by atoms with E-state index in [4.69, 9.17) is 0 Å². The zero-order valence-electron chi connectivity index (χ0n) is 15.0. The van der Waals surface area contributed by atoms with Crippen LogP contribution in [-0.4, -0.2) is 16.6 Å². The summed E-state index contributed by atoms with van der Waals surface area (Å²) in [5, 5.41) is 13.5. The molecule has 136 valence electrons. The molecule has 6 heteroatoms. The lowest BCUT2D eigenvalue weighted by molar-refractivity contribution is -0.384. The van der Waals surface area contributed by atoms with Crippen molar-refractivity contribution in [3.8, 4) is 0 Å². The maximum Gasteiger partial charge on any atom is 0.271 e. The molecule has 0 aliphatic carbocycles. The van der Waals surface area contributed by atoms with Gasteiger partial charge in [0.2, 0.25) is 5.91 Å². The normalized spacial score (nSPS) is 10.4. The fraction of sp³-hybridized carbons (Fsp3) is 0.300. The predicted octanol–water partition coefficient (Wildman–Crippen LogP) is 4.46. The van der Waals surface area contributed by atoms with E-state index in [2.05, 4.69) is 12.2 Å². The molecule has 1 amide bonds. The van der Waals surface area contributed by atoms with Crippen molar-refractivity contribution in [3.05, 3.63) is 69.3 Å². The van der Waals surface area contributed by atoms with Crippen molar-refractivity contribution in [2.45, 2.75) is 39.5 Å². The molecule has 0 fully saturated rings. The maximum atomic E-state index is 12.2. The summed E-state index contributed by atoms with van der Waals surface area (Å²) in [6.07, 6.45) is 2.13. The topological polar surface area (TPSA) is 89.3 Å². The van der Waals surface area contributed by atoms with Crippen molar-refractivity contribution >= 4 is 23.1 Å². The lowest BCUT2D eigenvalue weighted by Gasteiger charge is -2.08. The van der Waals surface area contributed by atoms with Gasteiger partial charge in [-0.15, -0.1) is 0 Å². The minimum atomic E-state index is -0.513. The molecule has 0 unspecified atom stereocenters. The second-order valence-electron chi connectivity index (χ2n) is 6.17. The van der Waals surface area contributed by atoms with Crippen LogP contribution in [0.3, 0.4) is 0 Å². The van der Waals surface area contributed by atoms with Gasteiger partial charge in [0.1, 0.15) is 0 Å². The van der Waals surface area contributed by atoms with Crippen molar-refractivity contribution in [1.29, 1.82) is 0 Å². The molecule has 0 heterocycles. The van der Waals surface area contributed by atoms with E-state index in [1.165, 1.54) is 17.7 Å². The number of nitrogens with one attached hydrogen (secondary N) is 1. The van der Waals surface area contributed by atoms with Crippen LogP contribution in [0.1, 0.15) is 47.7 Å².